The van der Waals surface area contributed by atoms with Gasteiger partial charge in [0.25, 0.3) is 0 Å². The predicted octanol–water partition coefficient (Wildman–Crippen LogP) is 2.49. The van der Waals surface area contributed by atoms with Crippen LogP contribution in [0.1, 0.15) is 42.6 Å². The Morgan fingerprint density at radius 3 is 2.82 bits per heavy atom. The van der Waals surface area contributed by atoms with Gasteiger partial charge in [-0.3, -0.25) is 0 Å². The van der Waals surface area contributed by atoms with Gasteiger partial charge in [-0.05, 0) is 45.2 Å². The Morgan fingerprint density at radius 2 is 2.24 bits per heavy atom. The molecule has 2 rings (SSSR count). The molecular weight excluding hydrogens is 230 g/mol. The second-order valence-corrected chi connectivity index (χ2v) is 6.74. The first-order chi connectivity index (χ1) is 8.09. The molecule has 17 heavy (non-hydrogen) atoms. The van der Waals surface area contributed by atoms with Gasteiger partial charge >= 0.3 is 0 Å². The van der Waals surface area contributed by atoms with Crippen molar-refractivity contribution < 1.29 is 0 Å². The summed E-state index contributed by atoms with van der Waals surface area (Å²) in [6.45, 7) is 10.1. The van der Waals surface area contributed by atoms with Crippen molar-refractivity contribution in [3.05, 3.63) is 16.1 Å². The first kappa shape index (κ1) is 13.0. The number of nitrogens with zero attached hydrogens (tertiary/aromatic N) is 1. The summed E-state index contributed by atoms with van der Waals surface area (Å²) in [5.74, 6) is 0. The van der Waals surface area contributed by atoms with Gasteiger partial charge in [0.05, 0.1) is 6.04 Å². The minimum Gasteiger partial charge on any atom is -0.317 e. The number of aryl methyl sites for hydroxylation is 1. The molecule has 0 saturated carbocycles. The molecule has 0 bridgehead atoms. The number of rotatable bonds is 4. The highest BCUT2D eigenvalue weighted by Crippen LogP contribution is 2.28. The molecule has 3 nitrogen and oxygen atoms in total. The van der Waals surface area contributed by atoms with Crippen LogP contribution < -0.4 is 10.6 Å². The van der Waals surface area contributed by atoms with E-state index in [1.165, 1.54) is 22.7 Å². The van der Waals surface area contributed by atoms with Crippen LogP contribution in [0.15, 0.2) is 6.20 Å². The maximum absolute atomic E-state index is 4.45. The van der Waals surface area contributed by atoms with Crippen LogP contribution in [0.5, 0.6) is 0 Å². The summed E-state index contributed by atoms with van der Waals surface area (Å²) in [5, 5.41) is 8.28. The Bertz CT molecular complexity index is 355. The molecule has 1 saturated heterocycles. The first-order valence-corrected chi connectivity index (χ1v) is 7.27. The average Bonchev–Trinajstić information content (AvgIpc) is 2.74. The van der Waals surface area contributed by atoms with E-state index >= 15 is 0 Å². The smallest absolute Gasteiger partial charge is 0.109 e. The number of thiazole rings is 1. The molecule has 0 aromatic carbocycles. The van der Waals surface area contributed by atoms with E-state index in [2.05, 4.69) is 36.4 Å². The molecule has 1 atom stereocenters. The van der Waals surface area contributed by atoms with Crippen LogP contribution in [0.2, 0.25) is 0 Å². The maximum atomic E-state index is 4.45. The van der Waals surface area contributed by atoms with Crippen LogP contribution in [-0.4, -0.2) is 24.6 Å². The number of hydrogen-bond donors (Lipinski definition) is 2. The lowest BCUT2D eigenvalue weighted by Crippen LogP contribution is -2.41. The Hall–Kier alpha value is -0.450. The molecule has 0 radical (unpaired) electrons. The fourth-order valence-electron chi connectivity index (χ4n) is 2.27. The number of hydrogen-bond acceptors (Lipinski definition) is 4. The lowest BCUT2D eigenvalue weighted by atomic mass is 9.81. The fourth-order valence-corrected chi connectivity index (χ4v) is 3.07. The van der Waals surface area contributed by atoms with Gasteiger partial charge < -0.3 is 10.6 Å². The summed E-state index contributed by atoms with van der Waals surface area (Å²) in [4.78, 5) is 5.74. The molecule has 1 unspecified atom stereocenters. The van der Waals surface area contributed by atoms with Crippen molar-refractivity contribution in [1.82, 2.24) is 15.6 Å². The van der Waals surface area contributed by atoms with Crippen molar-refractivity contribution in [2.75, 3.05) is 19.6 Å². The van der Waals surface area contributed by atoms with E-state index in [9.17, 15) is 0 Å². The van der Waals surface area contributed by atoms with Gasteiger partial charge in [-0.15, -0.1) is 11.3 Å². The first-order valence-electron chi connectivity index (χ1n) is 6.45. The Morgan fingerprint density at radius 1 is 1.53 bits per heavy atom. The van der Waals surface area contributed by atoms with Gasteiger partial charge in [0.2, 0.25) is 0 Å². The van der Waals surface area contributed by atoms with Crippen molar-refractivity contribution in [1.29, 1.82) is 0 Å². The third kappa shape index (κ3) is 3.50. The Labute approximate surface area is 108 Å². The molecule has 1 aliphatic heterocycles. The summed E-state index contributed by atoms with van der Waals surface area (Å²) < 4.78 is 0. The van der Waals surface area contributed by atoms with Crippen molar-refractivity contribution in [3.63, 3.8) is 0 Å². The van der Waals surface area contributed by atoms with Gasteiger partial charge in [0, 0.05) is 17.6 Å². The third-order valence-corrected chi connectivity index (χ3v) is 4.75. The van der Waals surface area contributed by atoms with Gasteiger partial charge in [0.1, 0.15) is 5.01 Å². The minimum atomic E-state index is 0.375. The van der Waals surface area contributed by atoms with Crippen molar-refractivity contribution in [2.24, 2.45) is 5.41 Å². The second-order valence-electron chi connectivity index (χ2n) is 5.47. The highest BCUT2D eigenvalue weighted by atomic mass is 32.1. The lowest BCUT2D eigenvalue weighted by molar-refractivity contribution is 0.214. The molecule has 0 amide bonds. The number of aromatic nitrogens is 1. The summed E-state index contributed by atoms with van der Waals surface area (Å²) in [5.41, 5.74) is 0.450. The molecule has 4 heteroatoms. The zero-order valence-corrected chi connectivity index (χ0v) is 11.9. The van der Waals surface area contributed by atoms with Gasteiger partial charge in [-0.25, -0.2) is 4.98 Å². The van der Waals surface area contributed by atoms with Crippen molar-refractivity contribution in [2.45, 2.75) is 39.7 Å². The van der Waals surface area contributed by atoms with Gasteiger partial charge in [-0.1, -0.05) is 6.92 Å². The summed E-state index contributed by atoms with van der Waals surface area (Å²) in [7, 11) is 0. The van der Waals surface area contributed by atoms with Crippen LogP contribution in [0.3, 0.4) is 0 Å². The predicted molar refractivity (Wildman–Crippen MR) is 73.5 cm³/mol. The largest absolute Gasteiger partial charge is 0.317 e. The summed E-state index contributed by atoms with van der Waals surface area (Å²) in [6, 6.07) is 0.375. The Kier molecular flexibility index (Phi) is 4.17. The quantitative estimate of drug-likeness (QED) is 0.865. The maximum Gasteiger partial charge on any atom is 0.109 e. The van der Waals surface area contributed by atoms with Crippen LogP contribution in [0.25, 0.3) is 0 Å². The van der Waals surface area contributed by atoms with E-state index in [0.717, 1.165) is 19.6 Å². The van der Waals surface area contributed by atoms with Crippen LogP contribution >= 0.6 is 11.3 Å². The lowest BCUT2D eigenvalue weighted by Gasteiger charge is -2.35. The molecule has 1 aliphatic rings. The SMILES string of the molecule is Cc1cnc(C(C)NCC2(C)CCNCC2)s1. The van der Waals surface area contributed by atoms with Crippen molar-refractivity contribution in [3.8, 4) is 0 Å². The molecule has 2 N–H and O–H groups in total. The fraction of sp³-hybridized carbons (Fsp3) is 0.769. The van der Waals surface area contributed by atoms with Crippen molar-refractivity contribution >= 4 is 11.3 Å². The topological polar surface area (TPSA) is 37.0 Å². The van der Waals surface area contributed by atoms with Crippen LogP contribution in [0.4, 0.5) is 0 Å². The van der Waals surface area contributed by atoms with Gasteiger partial charge in [0.15, 0.2) is 0 Å². The zero-order chi connectivity index (χ0) is 12.3. The number of piperidine rings is 1. The standard InChI is InChI=1S/C13H23N3S/c1-10-8-15-12(17-10)11(2)16-9-13(3)4-6-14-7-5-13/h8,11,14,16H,4-7,9H2,1-3H3. The molecule has 2 heterocycles. The second kappa shape index (κ2) is 5.46. The van der Waals surface area contributed by atoms with E-state index in [-0.39, 0.29) is 0 Å². The summed E-state index contributed by atoms with van der Waals surface area (Å²) in [6.07, 6.45) is 4.50. The zero-order valence-electron chi connectivity index (χ0n) is 11.0. The molecule has 1 fully saturated rings. The number of nitrogens with one attached hydrogen (secondary N) is 2. The molecule has 0 spiro atoms. The highest BCUT2D eigenvalue weighted by molar-refractivity contribution is 7.11. The normalized spacial score (nSPS) is 21.4. The minimum absolute atomic E-state index is 0.375. The molecular formula is C13H23N3S. The van der Waals surface area contributed by atoms with E-state index in [1.54, 1.807) is 11.3 Å². The highest BCUT2D eigenvalue weighted by Gasteiger charge is 2.27. The average molecular weight is 253 g/mol. The molecule has 1 aromatic heterocycles. The molecule has 0 aliphatic carbocycles. The van der Waals surface area contributed by atoms with Crippen LogP contribution in [-0.2, 0) is 0 Å². The van der Waals surface area contributed by atoms with Gasteiger partial charge in [-0.2, -0.15) is 0 Å². The molecule has 1 aromatic rings. The van der Waals surface area contributed by atoms with E-state index < -0.39 is 0 Å². The monoisotopic (exact) mass is 253 g/mol. The van der Waals surface area contributed by atoms with Crippen LogP contribution in [0, 0.1) is 12.3 Å². The summed E-state index contributed by atoms with van der Waals surface area (Å²) >= 11 is 1.80. The van der Waals surface area contributed by atoms with E-state index in [0.29, 0.717) is 11.5 Å². The van der Waals surface area contributed by atoms with E-state index in [4.69, 9.17) is 0 Å². The third-order valence-electron chi connectivity index (χ3n) is 3.66. The molecule has 96 valence electrons. The van der Waals surface area contributed by atoms with E-state index in [1.807, 2.05) is 6.20 Å². The Balaban J connectivity index is 1.85.